The van der Waals surface area contributed by atoms with Crippen LogP contribution in [-0.4, -0.2) is 19.4 Å². The van der Waals surface area contributed by atoms with E-state index in [2.05, 4.69) is 72.0 Å². The Kier molecular flexibility index (Phi) is 11.6. The Morgan fingerprint density at radius 1 is 1.06 bits per heavy atom. The molecule has 0 N–H and O–H groups in total. The number of pyridine rings is 1. The first kappa shape index (κ1) is 28.6. The van der Waals surface area contributed by atoms with E-state index in [1.54, 1.807) is 6.07 Å². The fourth-order valence-corrected chi connectivity index (χ4v) is 2.77. The number of fused-ring (bicyclic) bond motifs is 1. The fourth-order valence-electron chi connectivity index (χ4n) is 2.60. The van der Waals surface area contributed by atoms with E-state index in [0.29, 0.717) is 28.9 Å². The maximum Gasteiger partial charge on any atom is 0.218 e. The first-order chi connectivity index (χ1) is 15.6. The van der Waals surface area contributed by atoms with Gasteiger partial charge in [-0.3, -0.25) is 0 Å². The van der Waals surface area contributed by atoms with Gasteiger partial charge in [-0.2, -0.15) is 4.98 Å². The molecule has 4 rings (SSSR count). The number of ether oxygens (including phenoxy) is 1. The molecule has 0 radical (unpaired) electrons. The zero-order valence-electron chi connectivity index (χ0n) is 21.9. The molecule has 0 saturated heterocycles. The second-order valence-electron chi connectivity index (χ2n) is 9.16. The Balaban J connectivity index is 0.000000529. The van der Waals surface area contributed by atoms with Gasteiger partial charge in [0.2, 0.25) is 5.88 Å². The third-order valence-corrected chi connectivity index (χ3v) is 4.19. The van der Waals surface area contributed by atoms with Crippen LogP contribution >= 0.6 is 11.6 Å². The van der Waals surface area contributed by atoms with Crippen LogP contribution in [0.25, 0.3) is 11.2 Å². The van der Waals surface area contributed by atoms with Gasteiger partial charge in [-0.1, -0.05) is 79.6 Å². The van der Waals surface area contributed by atoms with E-state index in [1.165, 1.54) is 18.4 Å². The quantitative estimate of drug-likeness (QED) is 0.350. The average molecular weight is 473 g/mol. The van der Waals surface area contributed by atoms with Gasteiger partial charge in [0, 0.05) is 18.5 Å². The van der Waals surface area contributed by atoms with Crippen molar-refractivity contribution in [3.05, 3.63) is 59.4 Å². The molecular formula is C27H41ClN4O. The third-order valence-electron chi connectivity index (χ3n) is 3.99. The maximum atomic E-state index is 6.00. The molecule has 0 amide bonds. The molecule has 0 bridgehead atoms. The molecular weight excluding hydrogens is 432 g/mol. The van der Waals surface area contributed by atoms with E-state index in [0.717, 1.165) is 22.8 Å². The highest BCUT2D eigenvalue weighted by molar-refractivity contribution is 6.29. The lowest BCUT2D eigenvalue weighted by molar-refractivity contribution is 0.289. The predicted octanol–water partition coefficient (Wildman–Crippen LogP) is 8.37. The molecule has 3 aromatic rings. The first-order valence-electron chi connectivity index (χ1n) is 11.9. The van der Waals surface area contributed by atoms with E-state index >= 15 is 0 Å². The van der Waals surface area contributed by atoms with Crippen LogP contribution in [0.3, 0.4) is 0 Å². The summed E-state index contributed by atoms with van der Waals surface area (Å²) in [5.74, 6) is 1.63. The van der Waals surface area contributed by atoms with Crippen molar-refractivity contribution in [3.8, 4) is 5.88 Å². The lowest BCUT2D eigenvalue weighted by atomic mass is 10.0. The molecule has 1 aliphatic carbocycles. The van der Waals surface area contributed by atoms with Gasteiger partial charge in [-0.25, -0.2) is 9.97 Å². The number of halogens is 1. The maximum absolute atomic E-state index is 6.00. The van der Waals surface area contributed by atoms with Gasteiger partial charge in [-0.15, -0.1) is 0 Å². The van der Waals surface area contributed by atoms with Gasteiger partial charge >= 0.3 is 0 Å². The highest BCUT2D eigenvalue weighted by atomic mass is 35.5. The van der Waals surface area contributed by atoms with E-state index < -0.39 is 0 Å². The summed E-state index contributed by atoms with van der Waals surface area (Å²) in [6, 6.07) is 5.81. The minimum Gasteiger partial charge on any atom is -0.471 e. The third kappa shape index (κ3) is 10.4. The first-order valence-corrected chi connectivity index (χ1v) is 12.3. The Morgan fingerprint density at radius 3 is 2.21 bits per heavy atom. The Bertz CT molecular complexity index is 1010. The molecule has 1 saturated carbocycles. The van der Waals surface area contributed by atoms with Crippen LogP contribution in [-0.2, 0) is 6.61 Å². The molecule has 6 heteroatoms. The molecule has 3 heterocycles. The number of aromatic nitrogens is 4. The summed E-state index contributed by atoms with van der Waals surface area (Å²) in [6.07, 6.45) is 6.72. The summed E-state index contributed by atoms with van der Waals surface area (Å²) in [5, 5.41) is 0.335. The molecule has 5 nitrogen and oxygen atoms in total. The van der Waals surface area contributed by atoms with E-state index in [4.69, 9.17) is 16.3 Å². The van der Waals surface area contributed by atoms with Crippen LogP contribution in [0.2, 0.25) is 5.15 Å². The number of rotatable bonds is 5. The molecule has 33 heavy (non-hydrogen) atoms. The molecule has 0 aromatic carbocycles. The topological polar surface area (TPSA) is 52.3 Å². The number of hydrogen-bond donors (Lipinski definition) is 0. The SMILES string of the molecule is C=C(C)c1nc(Cl)cc(OCc2cn3cc(C4CC4)ccc3n2)n1.CC.CC.CC(C)(C)C. The van der Waals surface area contributed by atoms with Crippen molar-refractivity contribution in [1.82, 2.24) is 19.4 Å². The Morgan fingerprint density at radius 2 is 1.67 bits per heavy atom. The minimum absolute atomic E-state index is 0.323. The summed E-state index contributed by atoms with van der Waals surface area (Å²) in [4.78, 5) is 13.0. The highest BCUT2D eigenvalue weighted by Crippen LogP contribution is 2.39. The summed E-state index contributed by atoms with van der Waals surface area (Å²) in [7, 11) is 0. The van der Waals surface area contributed by atoms with E-state index in [-0.39, 0.29) is 0 Å². The molecule has 0 spiro atoms. The van der Waals surface area contributed by atoms with Crippen molar-refractivity contribution in [2.24, 2.45) is 5.41 Å². The van der Waals surface area contributed by atoms with Crippen LogP contribution in [0.4, 0.5) is 0 Å². The number of imidazole rings is 1. The van der Waals surface area contributed by atoms with Gasteiger partial charge in [-0.05, 0) is 48.3 Å². The highest BCUT2D eigenvalue weighted by Gasteiger charge is 2.23. The van der Waals surface area contributed by atoms with Crippen LogP contribution in [0.1, 0.15) is 98.2 Å². The van der Waals surface area contributed by atoms with Crippen molar-refractivity contribution in [3.63, 3.8) is 0 Å². The van der Waals surface area contributed by atoms with Gasteiger partial charge in [0.1, 0.15) is 17.4 Å². The average Bonchev–Trinajstić information content (AvgIpc) is 3.53. The van der Waals surface area contributed by atoms with Crippen LogP contribution in [0.15, 0.2) is 37.2 Å². The van der Waals surface area contributed by atoms with Crippen molar-refractivity contribution in [2.75, 3.05) is 0 Å². The van der Waals surface area contributed by atoms with Crippen LogP contribution in [0, 0.1) is 5.41 Å². The number of nitrogens with zero attached hydrogens (tertiary/aromatic N) is 4. The lowest BCUT2D eigenvalue weighted by Gasteiger charge is -2.05. The van der Waals surface area contributed by atoms with Crippen molar-refractivity contribution in [1.29, 1.82) is 0 Å². The van der Waals surface area contributed by atoms with Crippen molar-refractivity contribution < 1.29 is 4.74 Å². The monoisotopic (exact) mass is 472 g/mol. The zero-order chi connectivity index (χ0) is 25.2. The number of allylic oxidation sites excluding steroid dienone is 1. The summed E-state index contributed by atoms with van der Waals surface area (Å²) in [5.41, 5.74) is 4.37. The normalized spacial score (nSPS) is 12.4. The smallest absolute Gasteiger partial charge is 0.218 e. The second-order valence-corrected chi connectivity index (χ2v) is 9.54. The van der Waals surface area contributed by atoms with Crippen molar-refractivity contribution >= 4 is 22.8 Å². The summed E-state index contributed by atoms with van der Waals surface area (Å²) < 4.78 is 7.78. The summed E-state index contributed by atoms with van der Waals surface area (Å²) in [6.45, 7) is 22.7. The molecule has 0 atom stereocenters. The molecule has 1 aliphatic rings. The molecule has 0 unspecified atom stereocenters. The van der Waals surface area contributed by atoms with E-state index in [1.807, 2.05) is 40.8 Å². The molecule has 1 fully saturated rings. The lowest BCUT2D eigenvalue weighted by Crippen LogP contribution is -2.00. The largest absolute Gasteiger partial charge is 0.471 e. The van der Waals surface area contributed by atoms with Gasteiger partial charge < -0.3 is 9.14 Å². The van der Waals surface area contributed by atoms with Gasteiger partial charge in [0.05, 0.1) is 5.69 Å². The minimum atomic E-state index is 0.323. The molecule has 182 valence electrons. The van der Waals surface area contributed by atoms with E-state index in [9.17, 15) is 0 Å². The zero-order valence-corrected chi connectivity index (χ0v) is 22.6. The number of hydrogen-bond acceptors (Lipinski definition) is 4. The summed E-state index contributed by atoms with van der Waals surface area (Å²) >= 11 is 6.00. The van der Waals surface area contributed by atoms with Gasteiger partial charge in [0.15, 0.2) is 5.82 Å². The predicted molar refractivity (Wildman–Crippen MR) is 141 cm³/mol. The van der Waals surface area contributed by atoms with Crippen LogP contribution < -0.4 is 4.74 Å². The Labute approximate surface area is 205 Å². The van der Waals surface area contributed by atoms with Crippen molar-refractivity contribution in [2.45, 2.75) is 87.7 Å². The Hall–Kier alpha value is -2.40. The molecule has 3 aromatic heterocycles. The molecule has 0 aliphatic heterocycles. The standard InChI is InChI=1S/C18H17ClN4O.C5H12.2C2H6/c1-11(2)18-21-15(19)7-17(22-18)24-10-14-9-23-8-13(12-3-4-12)5-6-16(23)20-14;1-5(2,3)4;2*1-2/h5-9,12H,1,3-4,10H2,2H3;1-4H3;2*1-2H3. The second kappa shape index (κ2) is 13.3. The fraction of sp³-hybridized carbons (Fsp3) is 0.519. The van der Waals surface area contributed by atoms with Crippen LogP contribution in [0.5, 0.6) is 5.88 Å². The van der Waals surface area contributed by atoms with Gasteiger partial charge in [0.25, 0.3) is 0 Å².